The summed E-state index contributed by atoms with van der Waals surface area (Å²) < 4.78 is 2.26. The lowest BCUT2D eigenvalue weighted by molar-refractivity contribution is 0.496. The van der Waals surface area contributed by atoms with Crippen LogP contribution in [-0.4, -0.2) is 14.8 Å². The molecule has 20 heavy (non-hydrogen) atoms. The molecule has 2 rings (SSSR count). The molecule has 1 aromatic heterocycles. The standard InChI is InChI=1S/C16H22BrN3/c1-12(2)11-20-15(18-19-16(20)10-17)9-8-14-7-5-4-6-13(14)3/h4-7,12H,8-11H2,1-3H3. The van der Waals surface area contributed by atoms with Crippen LogP contribution in [0.2, 0.25) is 0 Å². The number of benzene rings is 1. The number of aryl methyl sites for hydroxylation is 3. The summed E-state index contributed by atoms with van der Waals surface area (Å²) in [5.74, 6) is 2.72. The van der Waals surface area contributed by atoms with Crippen molar-refractivity contribution in [2.75, 3.05) is 0 Å². The minimum Gasteiger partial charge on any atom is -0.314 e. The van der Waals surface area contributed by atoms with Gasteiger partial charge in [-0.3, -0.25) is 0 Å². The lowest BCUT2D eigenvalue weighted by Gasteiger charge is -2.12. The van der Waals surface area contributed by atoms with E-state index in [9.17, 15) is 0 Å². The minimum atomic E-state index is 0.598. The Morgan fingerprint density at radius 2 is 1.80 bits per heavy atom. The van der Waals surface area contributed by atoms with E-state index in [1.54, 1.807) is 0 Å². The van der Waals surface area contributed by atoms with Gasteiger partial charge in [-0.1, -0.05) is 54.0 Å². The first-order chi connectivity index (χ1) is 9.61. The fourth-order valence-corrected chi connectivity index (χ4v) is 2.78. The summed E-state index contributed by atoms with van der Waals surface area (Å²) in [7, 11) is 0. The molecule has 0 amide bonds. The van der Waals surface area contributed by atoms with Crippen LogP contribution in [0.5, 0.6) is 0 Å². The Kier molecular flexibility index (Phi) is 5.35. The number of rotatable bonds is 6. The summed E-state index contributed by atoms with van der Waals surface area (Å²) in [4.78, 5) is 0. The molecule has 0 N–H and O–H groups in total. The lowest BCUT2D eigenvalue weighted by atomic mass is 10.0. The van der Waals surface area contributed by atoms with Gasteiger partial charge in [-0.2, -0.15) is 0 Å². The van der Waals surface area contributed by atoms with Crippen LogP contribution in [0.1, 0.15) is 36.6 Å². The highest BCUT2D eigenvalue weighted by Crippen LogP contribution is 2.14. The van der Waals surface area contributed by atoms with Gasteiger partial charge in [0.2, 0.25) is 0 Å². The molecular weight excluding hydrogens is 314 g/mol. The minimum absolute atomic E-state index is 0.598. The number of alkyl halides is 1. The smallest absolute Gasteiger partial charge is 0.143 e. The molecule has 1 heterocycles. The van der Waals surface area contributed by atoms with E-state index in [-0.39, 0.29) is 0 Å². The molecule has 2 aromatic rings. The number of nitrogens with zero attached hydrogens (tertiary/aromatic N) is 3. The Morgan fingerprint density at radius 3 is 2.45 bits per heavy atom. The average Bonchev–Trinajstić information content (AvgIpc) is 2.79. The predicted molar refractivity (Wildman–Crippen MR) is 86.1 cm³/mol. The van der Waals surface area contributed by atoms with E-state index in [4.69, 9.17) is 0 Å². The van der Waals surface area contributed by atoms with Gasteiger partial charge >= 0.3 is 0 Å². The Hall–Kier alpha value is -1.16. The van der Waals surface area contributed by atoms with Crippen LogP contribution in [0.4, 0.5) is 0 Å². The second kappa shape index (κ2) is 7.02. The van der Waals surface area contributed by atoms with Crippen molar-refractivity contribution in [3.8, 4) is 0 Å². The maximum absolute atomic E-state index is 4.37. The highest BCUT2D eigenvalue weighted by molar-refractivity contribution is 9.08. The topological polar surface area (TPSA) is 30.7 Å². The second-order valence-corrected chi connectivity index (χ2v) is 6.16. The molecule has 0 atom stereocenters. The molecule has 0 spiro atoms. The molecule has 0 unspecified atom stereocenters. The summed E-state index contributed by atoms with van der Waals surface area (Å²) in [5.41, 5.74) is 2.75. The van der Waals surface area contributed by atoms with Crippen molar-refractivity contribution < 1.29 is 0 Å². The molecule has 0 radical (unpaired) electrons. The van der Waals surface area contributed by atoms with E-state index in [0.717, 1.165) is 36.4 Å². The molecule has 0 saturated carbocycles. The third-order valence-corrected chi connectivity index (χ3v) is 3.95. The van der Waals surface area contributed by atoms with E-state index in [1.165, 1.54) is 11.1 Å². The van der Waals surface area contributed by atoms with Gasteiger partial charge in [-0.15, -0.1) is 10.2 Å². The van der Waals surface area contributed by atoms with Crippen molar-refractivity contribution in [2.24, 2.45) is 5.92 Å². The zero-order chi connectivity index (χ0) is 14.5. The second-order valence-electron chi connectivity index (χ2n) is 5.60. The molecule has 0 fully saturated rings. The molecular formula is C16H22BrN3. The molecule has 0 bridgehead atoms. The van der Waals surface area contributed by atoms with Crippen LogP contribution in [-0.2, 0) is 24.7 Å². The highest BCUT2D eigenvalue weighted by atomic mass is 79.9. The maximum Gasteiger partial charge on any atom is 0.143 e. The van der Waals surface area contributed by atoms with Crippen molar-refractivity contribution in [3.63, 3.8) is 0 Å². The quantitative estimate of drug-likeness (QED) is 0.749. The zero-order valence-corrected chi connectivity index (χ0v) is 14.0. The molecule has 4 heteroatoms. The monoisotopic (exact) mass is 335 g/mol. The molecule has 0 saturated heterocycles. The van der Waals surface area contributed by atoms with Crippen molar-refractivity contribution in [1.29, 1.82) is 0 Å². The number of halogens is 1. The van der Waals surface area contributed by atoms with Gasteiger partial charge < -0.3 is 4.57 Å². The summed E-state index contributed by atoms with van der Waals surface area (Å²) in [6.45, 7) is 7.60. The first kappa shape index (κ1) is 15.2. The number of aromatic nitrogens is 3. The van der Waals surface area contributed by atoms with Gasteiger partial charge in [0.05, 0.1) is 5.33 Å². The largest absolute Gasteiger partial charge is 0.314 e. The maximum atomic E-state index is 4.37. The third kappa shape index (κ3) is 3.69. The van der Waals surface area contributed by atoms with Gasteiger partial charge in [0.25, 0.3) is 0 Å². The normalized spacial score (nSPS) is 11.2. The third-order valence-electron chi connectivity index (χ3n) is 3.45. The fourth-order valence-electron chi connectivity index (χ4n) is 2.37. The SMILES string of the molecule is Cc1ccccc1CCc1nnc(CBr)n1CC(C)C. The van der Waals surface area contributed by atoms with Crippen molar-refractivity contribution in [3.05, 3.63) is 47.0 Å². The average molecular weight is 336 g/mol. The van der Waals surface area contributed by atoms with Crippen LogP contribution in [0.25, 0.3) is 0 Å². The Labute approximate surface area is 129 Å². The van der Waals surface area contributed by atoms with Crippen molar-refractivity contribution in [1.82, 2.24) is 14.8 Å². The highest BCUT2D eigenvalue weighted by Gasteiger charge is 2.12. The van der Waals surface area contributed by atoms with Crippen molar-refractivity contribution >= 4 is 15.9 Å². The van der Waals surface area contributed by atoms with E-state index < -0.39 is 0 Å². The molecule has 1 aromatic carbocycles. The van der Waals surface area contributed by atoms with Gasteiger partial charge in [0.15, 0.2) is 0 Å². The van der Waals surface area contributed by atoms with Gasteiger partial charge in [0, 0.05) is 13.0 Å². The molecule has 108 valence electrons. The summed E-state index contributed by atoms with van der Waals surface area (Å²) >= 11 is 3.50. The Morgan fingerprint density at radius 1 is 1.10 bits per heavy atom. The summed E-state index contributed by atoms with van der Waals surface area (Å²) in [6, 6.07) is 8.55. The number of hydrogen-bond donors (Lipinski definition) is 0. The van der Waals surface area contributed by atoms with Gasteiger partial charge in [-0.05, 0) is 30.4 Å². The van der Waals surface area contributed by atoms with E-state index in [2.05, 4.69) is 75.7 Å². The van der Waals surface area contributed by atoms with Gasteiger partial charge in [0.1, 0.15) is 11.6 Å². The van der Waals surface area contributed by atoms with Crippen molar-refractivity contribution in [2.45, 2.75) is 45.5 Å². The summed E-state index contributed by atoms with van der Waals surface area (Å²) in [5, 5.41) is 9.42. The molecule has 0 aliphatic carbocycles. The van der Waals surface area contributed by atoms with Gasteiger partial charge in [-0.25, -0.2) is 0 Å². The summed E-state index contributed by atoms with van der Waals surface area (Å²) in [6.07, 6.45) is 1.96. The molecule has 0 aliphatic rings. The first-order valence-electron chi connectivity index (χ1n) is 7.13. The van der Waals surface area contributed by atoms with E-state index in [1.807, 2.05) is 0 Å². The predicted octanol–water partition coefficient (Wildman–Crippen LogP) is 3.92. The van der Waals surface area contributed by atoms with Crippen LogP contribution in [0.15, 0.2) is 24.3 Å². The van der Waals surface area contributed by atoms with E-state index in [0.29, 0.717) is 5.92 Å². The van der Waals surface area contributed by atoms with E-state index >= 15 is 0 Å². The van der Waals surface area contributed by atoms with Crippen LogP contribution >= 0.6 is 15.9 Å². The molecule has 3 nitrogen and oxygen atoms in total. The van der Waals surface area contributed by atoms with Crippen LogP contribution in [0, 0.1) is 12.8 Å². The lowest BCUT2D eigenvalue weighted by Crippen LogP contribution is -2.12. The Balaban J connectivity index is 2.13. The first-order valence-corrected chi connectivity index (χ1v) is 8.25. The van der Waals surface area contributed by atoms with Crippen LogP contribution in [0.3, 0.4) is 0 Å². The fraction of sp³-hybridized carbons (Fsp3) is 0.500. The molecule has 0 aliphatic heterocycles. The van der Waals surface area contributed by atoms with Crippen LogP contribution < -0.4 is 0 Å². The number of hydrogen-bond acceptors (Lipinski definition) is 2. The Bertz CT molecular complexity index is 561. The zero-order valence-electron chi connectivity index (χ0n) is 12.4.